The third-order valence-electron chi connectivity index (χ3n) is 7.71. The molecule has 3 aliphatic heterocycles. The summed E-state index contributed by atoms with van der Waals surface area (Å²) in [5.74, 6) is 0. The lowest BCUT2D eigenvalue weighted by Crippen LogP contribution is -2.55. The summed E-state index contributed by atoms with van der Waals surface area (Å²) in [4.78, 5) is 18.2. The van der Waals surface area contributed by atoms with Gasteiger partial charge >= 0.3 is 6.09 Å². The van der Waals surface area contributed by atoms with Crippen molar-refractivity contribution < 1.29 is 9.90 Å². The maximum atomic E-state index is 11.2. The minimum Gasteiger partial charge on any atom is -0.465 e. The van der Waals surface area contributed by atoms with Crippen molar-refractivity contribution in [3.05, 3.63) is 18.0 Å². The molecule has 1 amide bonds. The summed E-state index contributed by atoms with van der Waals surface area (Å²) in [6, 6.07) is 4.03. The van der Waals surface area contributed by atoms with Crippen LogP contribution in [0.5, 0.6) is 0 Å². The molecule has 148 valence electrons. The monoisotopic (exact) mass is 373 g/mol. The number of amides is 1. The minimum atomic E-state index is -0.742. The van der Waals surface area contributed by atoms with Crippen molar-refractivity contribution >= 4 is 6.09 Å². The van der Waals surface area contributed by atoms with Gasteiger partial charge in [-0.2, -0.15) is 5.10 Å². The summed E-state index contributed by atoms with van der Waals surface area (Å²) in [6.07, 6.45) is 9.63. The second-order valence-corrected chi connectivity index (χ2v) is 9.19. The molecule has 3 saturated heterocycles. The van der Waals surface area contributed by atoms with Crippen LogP contribution in [0.15, 0.2) is 12.3 Å². The first-order valence-electron chi connectivity index (χ1n) is 10.6. The van der Waals surface area contributed by atoms with Crippen LogP contribution < -0.4 is 0 Å². The molecule has 0 aromatic carbocycles. The molecule has 7 heteroatoms. The molecular weight excluding hydrogens is 342 g/mol. The zero-order valence-electron chi connectivity index (χ0n) is 16.0. The van der Waals surface area contributed by atoms with Crippen LogP contribution in [-0.2, 0) is 0 Å². The van der Waals surface area contributed by atoms with Crippen LogP contribution in [0.25, 0.3) is 0 Å². The summed E-state index contributed by atoms with van der Waals surface area (Å²) < 4.78 is 0. The molecule has 5 rings (SSSR count). The molecule has 1 aliphatic carbocycles. The molecule has 1 aromatic heterocycles. The summed E-state index contributed by atoms with van der Waals surface area (Å²) in [7, 11) is 0. The number of hydrogen-bond acceptors (Lipinski definition) is 4. The van der Waals surface area contributed by atoms with Crippen molar-refractivity contribution in [2.75, 3.05) is 32.7 Å². The number of piperidine rings is 1. The Morgan fingerprint density at radius 3 is 2.63 bits per heavy atom. The summed E-state index contributed by atoms with van der Waals surface area (Å²) >= 11 is 0. The maximum absolute atomic E-state index is 11.2. The quantitative estimate of drug-likeness (QED) is 0.852. The van der Waals surface area contributed by atoms with Crippen molar-refractivity contribution in [2.45, 2.75) is 63.1 Å². The Bertz CT molecular complexity index is 664. The molecule has 27 heavy (non-hydrogen) atoms. The van der Waals surface area contributed by atoms with E-state index in [2.05, 4.69) is 26.1 Å². The summed E-state index contributed by atoms with van der Waals surface area (Å²) in [5, 5.41) is 16.5. The fourth-order valence-electron chi connectivity index (χ4n) is 6.22. The van der Waals surface area contributed by atoms with E-state index in [1.807, 2.05) is 6.20 Å². The van der Waals surface area contributed by atoms with E-state index >= 15 is 0 Å². The lowest BCUT2D eigenvalue weighted by atomic mass is 9.64. The molecule has 1 spiro atoms. The molecular formula is C20H31N5O2. The lowest BCUT2D eigenvalue weighted by Gasteiger charge is -2.52. The number of hydrogen-bond donors (Lipinski definition) is 2. The fraction of sp³-hybridized carbons (Fsp3) is 0.800. The van der Waals surface area contributed by atoms with E-state index in [-0.39, 0.29) is 0 Å². The number of carbonyl (C=O) groups is 1. The van der Waals surface area contributed by atoms with Crippen molar-refractivity contribution in [2.24, 2.45) is 5.41 Å². The van der Waals surface area contributed by atoms with Gasteiger partial charge < -0.3 is 14.9 Å². The Balaban J connectivity index is 1.13. The van der Waals surface area contributed by atoms with Crippen molar-refractivity contribution in [3.8, 4) is 0 Å². The fourth-order valence-corrected chi connectivity index (χ4v) is 6.22. The van der Waals surface area contributed by atoms with Gasteiger partial charge in [0, 0.05) is 31.4 Å². The number of carboxylic acid groups (broad SMARTS) is 1. The Kier molecular flexibility index (Phi) is 4.39. The van der Waals surface area contributed by atoms with Crippen molar-refractivity contribution in [1.82, 2.24) is 24.9 Å². The Morgan fingerprint density at radius 2 is 1.96 bits per heavy atom. The van der Waals surface area contributed by atoms with Crippen LogP contribution >= 0.6 is 0 Å². The van der Waals surface area contributed by atoms with Gasteiger partial charge in [0.1, 0.15) is 0 Å². The average molecular weight is 374 g/mol. The first-order chi connectivity index (χ1) is 13.1. The molecule has 4 aliphatic rings. The molecule has 1 saturated carbocycles. The zero-order chi connectivity index (χ0) is 18.4. The third-order valence-corrected chi connectivity index (χ3v) is 7.71. The van der Waals surface area contributed by atoms with E-state index in [0.29, 0.717) is 23.5 Å². The molecule has 2 N–H and O–H groups in total. The number of nitrogens with zero attached hydrogens (tertiary/aromatic N) is 4. The standard InChI is InChI=1S/C20H31N5O2/c26-19(27)24-11-6-20(14-24)12-16(13-20)23-9-4-15(5-10-23)25-8-1-2-18(25)17-3-7-21-22-17/h3,7,15-16,18H,1-2,4-6,8-14H2,(H,21,22)(H,26,27). The predicted molar refractivity (Wildman–Crippen MR) is 102 cm³/mol. The highest BCUT2D eigenvalue weighted by molar-refractivity contribution is 5.65. The van der Waals surface area contributed by atoms with Crippen molar-refractivity contribution in [3.63, 3.8) is 0 Å². The van der Waals surface area contributed by atoms with Gasteiger partial charge in [-0.15, -0.1) is 0 Å². The normalized spacial score (nSPS) is 35.8. The number of aromatic nitrogens is 2. The van der Waals surface area contributed by atoms with Crippen LogP contribution in [0.1, 0.15) is 56.7 Å². The number of rotatable bonds is 3. The van der Waals surface area contributed by atoms with Crippen molar-refractivity contribution in [1.29, 1.82) is 0 Å². The number of likely N-dealkylation sites (tertiary alicyclic amines) is 3. The van der Waals surface area contributed by atoms with Gasteiger partial charge in [0.25, 0.3) is 0 Å². The SMILES string of the molecule is O=C(O)N1CCC2(CC(N3CCC(N4CCCC4c4ccn[nH]4)CC3)C2)C1. The molecule has 0 bridgehead atoms. The number of aromatic amines is 1. The van der Waals surface area contributed by atoms with Crippen LogP contribution in [0.4, 0.5) is 4.79 Å². The second kappa shape index (κ2) is 6.78. The molecule has 4 heterocycles. The van der Waals surface area contributed by atoms with E-state index in [4.69, 9.17) is 0 Å². The first-order valence-corrected chi connectivity index (χ1v) is 10.6. The molecule has 7 nitrogen and oxygen atoms in total. The smallest absolute Gasteiger partial charge is 0.407 e. The molecule has 0 radical (unpaired) electrons. The molecule has 1 atom stereocenters. The first kappa shape index (κ1) is 17.5. The van der Waals surface area contributed by atoms with Gasteiger partial charge in [0.2, 0.25) is 0 Å². The minimum absolute atomic E-state index is 0.292. The van der Waals surface area contributed by atoms with Crippen LogP contribution in [0.3, 0.4) is 0 Å². The van der Waals surface area contributed by atoms with Gasteiger partial charge in [-0.05, 0) is 76.1 Å². The van der Waals surface area contributed by atoms with E-state index in [0.717, 1.165) is 19.5 Å². The largest absolute Gasteiger partial charge is 0.465 e. The zero-order valence-corrected chi connectivity index (χ0v) is 16.0. The number of H-pyrrole nitrogens is 1. The summed E-state index contributed by atoms with van der Waals surface area (Å²) in [6.45, 7) is 5.09. The Morgan fingerprint density at radius 1 is 1.15 bits per heavy atom. The van der Waals surface area contributed by atoms with E-state index < -0.39 is 6.09 Å². The van der Waals surface area contributed by atoms with E-state index in [9.17, 15) is 9.90 Å². The lowest BCUT2D eigenvalue weighted by molar-refractivity contribution is -0.0169. The molecule has 1 unspecified atom stereocenters. The molecule has 1 aromatic rings. The maximum Gasteiger partial charge on any atom is 0.407 e. The number of nitrogens with one attached hydrogen (secondary N) is 1. The predicted octanol–water partition coefficient (Wildman–Crippen LogP) is 2.54. The average Bonchev–Trinajstić information content (AvgIpc) is 3.39. The Labute approximate surface area is 160 Å². The van der Waals surface area contributed by atoms with Crippen LogP contribution in [-0.4, -0.2) is 80.9 Å². The molecule has 4 fully saturated rings. The van der Waals surface area contributed by atoms with Crippen LogP contribution in [0.2, 0.25) is 0 Å². The second-order valence-electron chi connectivity index (χ2n) is 9.19. The van der Waals surface area contributed by atoms with Gasteiger partial charge in [0.15, 0.2) is 0 Å². The van der Waals surface area contributed by atoms with Gasteiger partial charge in [0.05, 0.1) is 11.7 Å². The highest BCUT2D eigenvalue weighted by atomic mass is 16.4. The van der Waals surface area contributed by atoms with E-state index in [1.165, 1.54) is 63.9 Å². The van der Waals surface area contributed by atoms with Gasteiger partial charge in [-0.3, -0.25) is 10.00 Å². The van der Waals surface area contributed by atoms with Crippen LogP contribution in [0, 0.1) is 5.41 Å². The third kappa shape index (κ3) is 3.14. The topological polar surface area (TPSA) is 75.7 Å². The van der Waals surface area contributed by atoms with Gasteiger partial charge in [-0.1, -0.05) is 0 Å². The highest BCUT2D eigenvalue weighted by Gasteiger charge is 2.51. The summed E-state index contributed by atoms with van der Waals surface area (Å²) in [5.41, 5.74) is 1.57. The Hall–Kier alpha value is -1.60. The van der Waals surface area contributed by atoms with Gasteiger partial charge in [-0.25, -0.2) is 4.79 Å². The van der Waals surface area contributed by atoms with E-state index in [1.54, 1.807) is 4.90 Å². The highest BCUT2D eigenvalue weighted by Crippen LogP contribution is 2.50.